The van der Waals surface area contributed by atoms with Gasteiger partial charge in [-0.2, -0.15) is 0 Å². The summed E-state index contributed by atoms with van der Waals surface area (Å²) in [6.45, 7) is 1.85. The molecule has 1 heterocycles. The Morgan fingerprint density at radius 1 is 1.07 bits per heavy atom. The highest BCUT2D eigenvalue weighted by Gasteiger charge is 2.19. The lowest BCUT2D eigenvalue weighted by Gasteiger charge is -2.16. The van der Waals surface area contributed by atoms with E-state index in [1.807, 2.05) is 13.0 Å². The molecule has 1 aromatic heterocycles. The minimum absolute atomic E-state index is 0.0540. The highest BCUT2D eigenvalue weighted by molar-refractivity contribution is 7.92. The Labute approximate surface area is 168 Å². The molecule has 0 saturated carbocycles. The van der Waals surface area contributed by atoms with Gasteiger partial charge in [-0.25, -0.2) is 8.42 Å². The molecule has 6 nitrogen and oxygen atoms in total. The molecule has 0 fully saturated rings. The van der Waals surface area contributed by atoms with Crippen LogP contribution in [0.2, 0.25) is 5.02 Å². The zero-order chi connectivity index (χ0) is 20.1. The van der Waals surface area contributed by atoms with Gasteiger partial charge in [0.1, 0.15) is 5.76 Å². The largest absolute Gasteiger partial charge is 0.469 e. The molecule has 1 atom stereocenters. The van der Waals surface area contributed by atoms with Crippen molar-refractivity contribution in [3.63, 3.8) is 0 Å². The molecule has 3 rings (SSSR count). The Balaban J connectivity index is 1.76. The number of hydrogen-bond acceptors (Lipinski definition) is 4. The van der Waals surface area contributed by atoms with Gasteiger partial charge in [0, 0.05) is 17.5 Å². The van der Waals surface area contributed by atoms with Gasteiger partial charge < -0.3 is 9.73 Å². The Morgan fingerprint density at radius 2 is 1.79 bits per heavy atom. The van der Waals surface area contributed by atoms with Gasteiger partial charge in [-0.1, -0.05) is 23.7 Å². The third-order valence-electron chi connectivity index (χ3n) is 4.00. The number of sulfonamides is 1. The van der Waals surface area contributed by atoms with E-state index in [4.69, 9.17) is 16.0 Å². The minimum atomic E-state index is -3.86. The molecule has 2 aromatic carbocycles. The average Bonchev–Trinajstić information content (AvgIpc) is 3.15. The van der Waals surface area contributed by atoms with Crippen molar-refractivity contribution < 1.29 is 17.6 Å². The molecule has 0 bridgehead atoms. The lowest BCUT2D eigenvalue weighted by molar-refractivity contribution is 0.0940. The van der Waals surface area contributed by atoms with Gasteiger partial charge in [0.15, 0.2) is 0 Å². The van der Waals surface area contributed by atoms with E-state index in [0.717, 1.165) is 5.76 Å². The van der Waals surface area contributed by atoms with E-state index in [1.165, 1.54) is 24.3 Å². The van der Waals surface area contributed by atoms with Crippen LogP contribution in [0.25, 0.3) is 0 Å². The quantitative estimate of drug-likeness (QED) is 0.604. The van der Waals surface area contributed by atoms with E-state index in [-0.39, 0.29) is 28.1 Å². The van der Waals surface area contributed by atoms with Gasteiger partial charge in [0.25, 0.3) is 15.9 Å². The number of hydrogen-bond donors (Lipinski definition) is 2. The Kier molecular flexibility index (Phi) is 6.06. The van der Waals surface area contributed by atoms with Crippen molar-refractivity contribution in [2.75, 3.05) is 4.72 Å². The van der Waals surface area contributed by atoms with Gasteiger partial charge in [-0.05, 0) is 55.5 Å². The van der Waals surface area contributed by atoms with E-state index in [0.29, 0.717) is 11.4 Å². The molecule has 0 aliphatic heterocycles. The summed E-state index contributed by atoms with van der Waals surface area (Å²) in [6.07, 6.45) is 2.10. The average molecular weight is 419 g/mol. The van der Waals surface area contributed by atoms with Crippen LogP contribution in [0.4, 0.5) is 5.69 Å². The van der Waals surface area contributed by atoms with Gasteiger partial charge in [0.2, 0.25) is 0 Å². The predicted molar refractivity (Wildman–Crippen MR) is 108 cm³/mol. The Morgan fingerprint density at radius 3 is 2.46 bits per heavy atom. The highest BCUT2D eigenvalue weighted by atomic mass is 35.5. The van der Waals surface area contributed by atoms with Crippen LogP contribution in [-0.4, -0.2) is 20.4 Å². The van der Waals surface area contributed by atoms with E-state index in [9.17, 15) is 13.2 Å². The van der Waals surface area contributed by atoms with E-state index in [1.54, 1.807) is 36.6 Å². The SMILES string of the molecule is CC(Cc1ccco1)NC(=O)c1ccccc1NS(=O)(=O)c1ccc(Cl)cc1. The number of benzene rings is 2. The molecule has 146 valence electrons. The number of carbonyl (C=O) groups excluding carboxylic acids is 1. The number of carbonyl (C=O) groups is 1. The van der Waals surface area contributed by atoms with Crippen LogP contribution in [0.15, 0.2) is 76.2 Å². The first-order valence-corrected chi connectivity index (χ1v) is 10.4. The van der Waals surface area contributed by atoms with Crippen LogP contribution in [-0.2, 0) is 16.4 Å². The summed E-state index contributed by atoms with van der Waals surface area (Å²) in [5.74, 6) is 0.373. The lowest BCUT2D eigenvalue weighted by Crippen LogP contribution is -2.34. The van der Waals surface area contributed by atoms with Crippen LogP contribution >= 0.6 is 11.6 Å². The third kappa shape index (κ3) is 4.94. The molecular formula is C20H19ClN2O4S. The molecule has 1 unspecified atom stereocenters. The molecule has 0 saturated heterocycles. The Hall–Kier alpha value is -2.77. The zero-order valence-electron chi connectivity index (χ0n) is 15.1. The monoisotopic (exact) mass is 418 g/mol. The fraction of sp³-hybridized carbons (Fsp3) is 0.150. The first-order chi connectivity index (χ1) is 13.3. The van der Waals surface area contributed by atoms with Crippen molar-refractivity contribution in [3.8, 4) is 0 Å². The molecular weight excluding hydrogens is 400 g/mol. The summed E-state index contributed by atoms with van der Waals surface area (Å²) < 4.78 is 33.0. The normalized spacial score (nSPS) is 12.4. The van der Waals surface area contributed by atoms with E-state index < -0.39 is 10.0 Å². The predicted octanol–water partition coefficient (Wildman–Crippen LogP) is 4.09. The van der Waals surface area contributed by atoms with Crippen molar-refractivity contribution in [1.29, 1.82) is 0 Å². The highest BCUT2D eigenvalue weighted by Crippen LogP contribution is 2.21. The maximum absolute atomic E-state index is 12.7. The maximum atomic E-state index is 12.7. The summed E-state index contributed by atoms with van der Waals surface area (Å²) in [6, 6.07) is 15.6. The van der Waals surface area contributed by atoms with Crippen molar-refractivity contribution in [1.82, 2.24) is 5.32 Å². The zero-order valence-corrected chi connectivity index (χ0v) is 16.6. The number of nitrogens with one attached hydrogen (secondary N) is 2. The topological polar surface area (TPSA) is 88.4 Å². The Bertz CT molecular complexity index is 1050. The maximum Gasteiger partial charge on any atom is 0.261 e. The third-order valence-corrected chi connectivity index (χ3v) is 5.64. The van der Waals surface area contributed by atoms with Gasteiger partial charge >= 0.3 is 0 Å². The molecule has 0 aliphatic rings. The fourth-order valence-corrected chi connectivity index (χ4v) is 3.88. The summed E-state index contributed by atoms with van der Waals surface area (Å²) in [7, 11) is -3.86. The number of anilines is 1. The van der Waals surface area contributed by atoms with Crippen LogP contribution in [0.5, 0.6) is 0 Å². The van der Waals surface area contributed by atoms with Crippen molar-refractivity contribution in [3.05, 3.63) is 83.3 Å². The second-order valence-electron chi connectivity index (χ2n) is 6.26. The minimum Gasteiger partial charge on any atom is -0.469 e. The van der Waals surface area contributed by atoms with Gasteiger partial charge in [0.05, 0.1) is 22.4 Å². The number of para-hydroxylation sites is 1. The van der Waals surface area contributed by atoms with Crippen LogP contribution in [0.3, 0.4) is 0 Å². The number of furan rings is 1. The lowest BCUT2D eigenvalue weighted by atomic mass is 10.1. The number of amides is 1. The van der Waals surface area contributed by atoms with E-state index in [2.05, 4.69) is 10.0 Å². The molecule has 3 aromatic rings. The van der Waals surface area contributed by atoms with Crippen molar-refractivity contribution in [2.45, 2.75) is 24.3 Å². The van der Waals surface area contributed by atoms with Gasteiger partial charge in [-0.15, -0.1) is 0 Å². The van der Waals surface area contributed by atoms with Crippen LogP contribution < -0.4 is 10.0 Å². The molecule has 28 heavy (non-hydrogen) atoms. The standard InChI is InChI=1S/C20H19ClN2O4S/c1-14(13-16-5-4-12-27-16)22-20(24)18-6-2-3-7-19(18)23-28(25,26)17-10-8-15(21)9-11-17/h2-12,14,23H,13H2,1H3,(H,22,24). The molecule has 8 heteroatoms. The fourth-order valence-electron chi connectivity index (χ4n) is 2.67. The summed E-state index contributed by atoms with van der Waals surface area (Å²) in [4.78, 5) is 12.7. The van der Waals surface area contributed by atoms with Crippen LogP contribution in [0, 0.1) is 0 Å². The van der Waals surface area contributed by atoms with Crippen molar-refractivity contribution in [2.24, 2.45) is 0 Å². The smallest absolute Gasteiger partial charge is 0.261 e. The number of rotatable bonds is 7. The molecule has 0 aliphatic carbocycles. The molecule has 1 amide bonds. The van der Waals surface area contributed by atoms with E-state index >= 15 is 0 Å². The summed E-state index contributed by atoms with van der Waals surface area (Å²) in [5, 5.41) is 3.29. The van der Waals surface area contributed by atoms with Crippen LogP contribution in [0.1, 0.15) is 23.0 Å². The molecule has 0 radical (unpaired) electrons. The summed E-state index contributed by atoms with van der Waals surface area (Å²) in [5.41, 5.74) is 0.423. The molecule has 2 N–H and O–H groups in total. The second kappa shape index (κ2) is 8.50. The summed E-state index contributed by atoms with van der Waals surface area (Å²) >= 11 is 5.81. The number of halogens is 1. The molecule has 0 spiro atoms. The second-order valence-corrected chi connectivity index (χ2v) is 8.38. The van der Waals surface area contributed by atoms with Gasteiger partial charge in [-0.3, -0.25) is 9.52 Å². The van der Waals surface area contributed by atoms with Crippen molar-refractivity contribution >= 4 is 33.2 Å². The first-order valence-electron chi connectivity index (χ1n) is 8.56. The first kappa shape index (κ1) is 20.0.